The SMILES string of the molecule is CC1(C)CCC(C)(C)c2cc(N3c4cc5c(cc4B4c6cc7c(cc6N(c6ccccc6)c6cc(N8c9ccccc9Sc9ccccc98)cc3c64)N(c3ccccc3)c3cc(N4c6ccccc6Sc6ccccc64)cc4c3B7c3ccccc3N4c3ccccc3)C(C)(C)CCC5(C)C)ccc21. The zero-order chi connectivity index (χ0) is 69.9. The quantitative estimate of drug-likeness (QED) is 0.152. The van der Waals surface area contributed by atoms with Crippen LogP contribution in [0.15, 0.2) is 299 Å². The summed E-state index contributed by atoms with van der Waals surface area (Å²) in [6.45, 7) is 19.6. The van der Waals surface area contributed by atoms with Gasteiger partial charge in [0.05, 0.1) is 34.1 Å². The zero-order valence-electron chi connectivity index (χ0n) is 60.0. The molecular formula is C94H78B2N6S2. The summed E-state index contributed by atoms with van der Waals surface area (Å²) in [6, 6.07) is 108. The highest BCUT2D eigenvalue weighted by molar-refractivity contribution is 8.00. The van der Waals surface area contributed by atoms with E-state index in [1.165, 1.54) is 137 Å². The molecule has 104 heavy (non-hydrogen) atoms. The van der Waals surface area contributed by atoms with Crippen LogP contribution in [-0.4, -0.2) is 13.4 Å². The van der Waals surface area contributed by atoms with Gasteiger partial charge in [-0.15, -0.1) is 0 Å². The van der Waals surface area contributed by atoms with Crippen molar-refractivity contribution in [3.8, 4) is 0 Å². The minimum atomic E-state index is -0.193. The Balaban J connectivity index is 0.903. The Kier molecular flexibility index (Phi) is 13.4. The van der Waals surface area contributed by atoms with Gasteiger partial charge in [-0.2, -0.15) is 0 Å². The Morgan fingerprint density at radius 2 is 0.529 bits per heavy atom. The van der Waals surface area contributed by atoms with Gasteiger partial charge in [-0.05, 0) is 242 Å². The average molecular weight is 1380 g/mol. The molecule has 10 heteroatoms. The van der Waals surface area contributed by atoms with Gasteiger partial charge in [-0.3, -0.25) is 0 Å². The van der Waals surface area contributed by atoms with Gasteiger partial charge in [0.1, 0.15) is 0 Å². The molecule has 0 spiro atoms. The molecule has 6 nitrogen and oxygen atoms in total. The van der Waals surface area contributed by atoms with E-state index in [0.717, 1.165) is 65.5 Å². The third kappa shape index (κ3) is 9.06. The van der Waals surface area contributed by atoms with E-state index in [1.54, 1.807) is 0 Å². The van der Waals surface area contributed by atoms with Crippen LogP contribution in [0.25, 0.3) is 0 Å². The molecule has 502 valence electrons. The average Bonchev–Trinajstić information content (AvgIpc) is 0.679. The number of para-hydroxylation sites is 8. The van der Waals surface area contributed by atoms with Gasteiger partial charge < -0.3 is 29.4 Å². The summed E-state index contributed by atoms with van der Waals surface area (Å²) in [5.41, 5.74) is 34.5. The summed E-state index contributed by atoms with van der Waals surface area (Å²) in [6.07, 6.45) is 4.50. The van der Waals surface area contributed by atoms with Gasteiger partial charge in [-0.1, -0.05) is 218 Å². The first kappa shape index (κ1) is 62.1. The first-order chi connectivity index (χ1) is 50.6. The summed E-state index contributed by atoms with van der Waals surface area (Å²) in [4.78, 5) is 20.7. The molecule has 0 fully saturated rings. The standard InChI is InChI=1S/C94H78B2N6S2/c1-91(2)46-47-92(3,4)66-50-62(44-45-65(66)91)100-78-56-68-67(93(5,6)48-49-94(68,7)8)55-70(78)96-72-57-71-79(58-80(72)99(61-32-16-11-17-33-61)83-53-64(54-84(100)90(83)96)102-76-38-22-26-42-87(76)104-88-43-27-23-39-77(88)102)98(60-30-14-10-15-31-60)82-52-63(101-74-36-20-24-40-85(74)103-86-41-25-21-37-75(86)101)51-81-89(82)95(71)69-34-18-19-35-73(69)97(81)59-28-12-9-13-29-59/h9-45,50-58H,46-49H2,1-8H3. The minimum absolute atomic E-state index is 0.0285. The predicted molar refractivity (Wildman–Crippen MR) is 443 cm³/mol. The Morgan fingerprint density at radius 1 is 0.221 bits per heavy atom. The number of fused-ring (bicyclic) bond motifs is 14. The van der Waals surface area contributed by atoms with Crippen molar-refractivity contribution in [1.82, 2.24) is 0 Å². The van der Waals surface area contributed by atoms with Crippen LogP contribution < -0.4 is 62.2 Å². The number of hydrogen-bond donors (Lipinski definition) is 0. The van der Waals surface area contributed by atoms with Crippen molar-refractivity contribution >= 4 is 172 Å². The fourth-order valence-electron chi connectivity index (χ4n) is 19.2. The molecule has 0 saturated heterocycles. The van der Waals surface area contributed by atoms with Crippen LogP contribution >= 0.6 is 23.5 Å². The van der Waals surface area contributed by atoms with Gasteiger partial charge in [0, 0.05) is 87.8 Å². The van der Waals surface area contributed by atoms with E-state index in [-0.39, 0.29) is 35.1 Å². The summed E-state index contributed by atoms with van der Waals surface area (Å²) in [7, 11) is 0. The zero-order valence-corrected chi connectivity index (χ0v) is 61.7. The fraction of sp³-hybridized carbons (Fsp3) is 0.170. The largest absolute Gasteiger partial charge is 0.311 e. The summed E-state index contributed by atoms with van der Waals surface area (Å²) in [5.74, 6) is 0. The van der Waals surface area contributed by atoms with E-state index in [0.29, 0.717) is 0 Å². The molecule has 0 radical (unpaired) electrons. The first-order valence-corrected chi connectivity index (χ1v) is 38.8. The summed E-state index contributed by atoms with van der Waals surface area (Å²) in [5, 5.41) is 0. The highest BCUT2D eigenvalue weighted by Crippen LogP contribution is 2.59. The number of rotatable bonds is 6. The first-order valence-electron chi connectivity index (χ1n) is 37.2. The molecule has 8 aliphatic rings. The Morgan fingerprint density at radius 3 is 0.962 bits per heavy atom. The van der Waals surface area contributed by atoms with E-state index in [9.17, 15) is 0 Å². The maximum Gasteiger partial charge on any atom is 0.252 e. The predicted octanol–water partition coefficient (Wildman–Crippen LogP) is 22.4. The lowest BCUT2D eigenvalue weighted by molar-refractivity contribution is 0.332. The monoisotopic (exact) mass is 1380 g/mol. The van der Waals surface area contributed by atoms with E-state index < -0.39 is 0 Å². The number of nitrogens with zero attached hydrogens (tertiary/aromatic N) is 6. The molecule has 13 aromatic carbocycles. The van der Waals surface area contributed by atoms with Gasteiger partial charge in [0.2, 0.25) is 0 Å². The Labute approximate surface area is 620 Å². The van der Waals surface area contributed by atoms with Crippen molar-refractivity contribution in [2.24, 2.45) is 0 Å². The number of hydrogen-bond acceptors (Lipinski definition) is 8. The molecular weight excluding hydrogens is 1300 g/mol. The molecule has 6 aliphatic heterocycles. The van der Waals surface area contributed by atoms with Crippen molar-refractivity contribution in [2.45, 2.75) is 122 Å². The maximum atomic E-state index is 2.75. The van der Waals surface area contributed by atoms with Crippen molar-refractivity contribution in [2.75, 3.05) is 29.4 Å². The Bertz CT molecular complexity index is 5700. The molecule has 0 N–H and O–H groups in total. The van der Waals surface area contributed by atoms with Crippen molar-refractivity contribution in [3.63, 3.8) is 0 Å². The molecule has 0 amide bonds. The van der Waals surface area contributed by atoms with Crippen LogP contribution in [0, 0.1) is 0 Å². The van der Waals surface area contributed by atoms with Crippen molar-refractivity contribution < 1.29 is 0 Å². The van der Waals surface area contributed by atoms with E-state index in [1.807, 2.05) is 23.5 Å². The second kappa shape index (κ2) is 22.5. The van der Waals surface area contributed by atoms with Gasteiger partial charge in [0.25, 0.3) is 13.4 Å². The van der Waals surface area contributed by atoms with Crippen LogP contribution in [-0.2, 0) is 21.7 Å². The van der Waals surface area contributed by atoms with Crippen LogP contribution in [0.5, 0.6) is 0 Å². The topological polar surface area (TPSA) is 19.4 Å². The second-order valence-corrected chi connectivity index (χ2v) is 34.7. The van der Waals surface area contributed by atoms with Crippen molar-refractivity contribution in [1.29, 1.82) is 0 Å². The van der Waals surface area contributed by atoms with Crippen LogP contribution in [0.4, 0.5) is 102 Å². The minimum Gasteiger partial charge on any atom is -0.311 e. The molecule has 0 bridgehead atoms. The van der Waals surface area contributed by atoms with Crippen LogP contribution in [0.2, 0.25) is 0 Å². The Hall–Kier alpha value is -10.5. The molecule has 6 heterocycles. The lowest BCUT2D eigenvalue weighted by Gasteiger charge is -2.49. The summed E-state index contributed by atoms with van der Waals surface area (Å²) < 4.78 is 0. The lowest BCUT2D eigenvalue weighted by atomic mass is 9.30. The molecule has 0 atom stereocenters. The lowest BCUT2D eigenvalue weighted by Crippen LogP contribution is -2.65. The molecule has 0 saturated carbocycles. The van der Waals surface area contributed by atoms with Crippen LogP contribution in [0.3, 0.4) is 0 Å². The van der Waals surface area contributed by atoms with Crippen LogP contribution in [0.1, 0.15) is 103 Å². The number of anilines is 18. The molecule has 0 unspecified atom stereocenters. The maximum absolute atomic E-state index is 2.75. The van der Waals surface area contributed by atoms with Gasteiger partial charge in [0.15, 0.2) is 0 Å². The van der Waals surface area contributed by atoms with Crippen molar-refractivity contribution in [3.05, 3.63) is 301 Å². The summed E-state index contributed by atoms with van der Waals surface area (Å²) >= 11 is 3.73. The smallest absolute Gasteiger partial charge is 0.252 e. The van der Waals surface area contributed by atoms with E-state index in [4.69, 9.17) is 0 Å². The second-order valence-electron chi connectivity index (χ2n) is 32.5. The fourth-order valence-corrected chi connectivity index (χ4v) is 21.4. The highest BCUT2D eigenvalue weighted by Gasteiger charge is 2.51. The molecule has 0 aromatic heterocycles. The third-order valence-corrected chi connectivity index (χ3v) is 26.9. The normalized spacial score (nSPS) is 17.2. The van der Waals surface area contributed by atoms with E-state index in [2.05, 4.69) is 364 Å². The van der Waals surface area contributed by atoms with Gasteiger partial charge in [-0.25, -0.2) is 0 Å². The highest BCUT2D eigenvalue weighted by atomic mass is 32.2. The number of benzene rings is 13. The third-order valence-electron chi connectivity index (χ3n) is 24.6. The molecule has 21 rings (SSSR count). The molecule has 13 aromatic rings. The van der Waals surface area contributed by atoms with Gasteiger partial charge >= 0.3 is 0 Å². The molecule has 2 aliphatic carbocycles. The van der Waals surface area contributed by atoms with E-state index >= 15 is 0 Å².